The van der Waals surface area contributed by atoms with Gasteiger partial charge in [-0.15, -0.1) is 0 Å². The molecule has 0 spiro atoms. The highest BCUT2D eigenvalue weighted by molar-refractivity contribution is 6.00. The van der Waals surface area contributed by atoms with Crippen LogP contribution < -0.4 is 16.8 Å². The molecule has 0 saturated heterocycles. The Morgan fingerprint density at radius 2 is 1.79 bits per heavy atom. The molecule has 1 aromatic rings. The molecule has 5 N–H and O–H groups in total. The van der Waals surface area contributed by atoms with E-state index in [1.54, 1.807) is 12.1 Å². The van der Waals surface area contributed by atoms with Gasteiger partial charge in [0.15, 0.2) is 0 Å². The zero-order valence-electron chi connectivity index (χ0n) is 12.5. The van der Waals surface area contributed by atoms with Gasteiger partial charge in [-0.3, -0.25) is 4.79 Å². The molecule has 0 aliphatic carbocycles. The summed E-state index contributed by atoms with van der Waals surface area (Å²) in [6.07, 6.45) is 0.972. The highest BCUT2D eigenvalue weighted by Gasteiger charge is 2.26. The van der Waals surface area contributed by atoms with Crippen LogP contribution in [0.25, 0.3) is 0 Å². The molecule has 106 valence electrons. The van der Waals surface area contributed by atoms with Crippen LogP contribution in [0.3, 0.4) is 0 Å². The number of benzene rings is 1. The third kappa shape index (κ3) is 4.47. The number of hydrogen-bond acceptors (Lipinski definition) is 3. The molecule has 0 saturated carbocycles. The lowest BCUT2D eigenvalue weighted by Gasteiger charge is -2.34. The van der Waals surface area contributed by atoms with Gasteiger partial charge < -0.3 is 16.8 Å². The van der Waals surface area contributed by atoms with Crippen LogP contribution in [-0.2, 0) is 0 Å². The lowest BCUT2D eigenvalue weighted by Crippen LogP contribution is -2.35. The van der Waals surface area contributed by atoms with E-state index in [9.17, 15) is 4.79 Å². The van der Waals surface area contributed by atoms with Crippen LogP contribution in [0.1, 0.15) is 51.4 Å². The number of amides is 1. The number of para-hydroxylation sites is 1. The Labute approximate surface area is 115 Å². The van der Waals surface area contributed by atoms with Crippen molar-refractivity contribution < 1.29 is 4.79 Å². The second-order valence-corrected chi connectivity index (χ2v) is 6.88. The molecular weight excluding hydrogens is 238 g/mol. The lowest BCUT2D eigenvalue weighted by molar-refractivity contribution is 0.100. The van der Waals surface area contributed by atoms with E-state index in [1.807, 2.05) is 6.07 Å². The Bertz CT molecular complexity index is 473. The first-order chi connectivity index (χ1) is 8.52. The van der Waals surface area contributed by atoms with Crippen molar-refractivity contribution in [1.29, 1.82) is 0 Å². The van der Waals surface area contributed by atoms with Gasteiger partial charge in [-0.05, 0) is 37.8 Å². The average molecular weight is 263 g/mol. The summed E-state index contributed by atoms with van der Waals surface area (Å²) in [5.74, 6) is -0.505. The molecule has 0 bridgehead atoms. The normalized spacial score (nSPS) is 12.3. The minimum atomic E-state index is -0.505. The number of carbonyl (C=O) groups is 1. The van der Waals surface area contributed by atoms with Crippen LogP contribution in [0.2, 0.25) is 0 Å². The maximum atomic E-state index is 11.3. The van der Waals surface area contributed by atoms with E-state index in [1.165, 1.54) is 0 Å². The van der Waals surface area contributed by atoms with E-state index < -0.39 is 5.91 Å². The second kappa shape index (κ2) is 5.11. The van der Waals surface area contributed by atoms with Gasteiger partial charge in [0.25, 0.3) is 5.91 Å². The van der Waals surface area contributed by atoms with Crippen molar-refractivity contribution in [2.45, 2.75) is 46.6 Å². The van der Waals surface area contributed by atoms with Gasteiger partial charge >= 0.3 is 0 Å². The van der Waals surface area contributed by atoms with E-state index in [0.717, 1.165) is 12.1 Å². The molecule has 0 unspecified atom stereocenters. The first-order valence-corrected chi connectivity index (χ1v) is 6.48. The molecule has 0 heterocycles. The van der Waals surface area contributed by atoms with Gasteiger partial charge in [0.05, 0.1) is 16.9 Å². The summed E-state index contributed by atoms with van der Waals surface area (Å²) in [5.41, 5.74) is 12.9. The van der Waals surface area contributed by atoms with Gasteiger partial charge in [-0.25, -0.2) is 0 Å². The summed E-state index contributed by atoms with van der Waals surface area (Å²) in [6, 6.07) is 5.29. The standard InChI is InChI=1S/C15H25N3O/c1-14(2,3)9-15(4,5)18-11-8-6-7-10(12(11)16)13(17)19/h6-8,18H,9,16H2,1-5H3,(H2,17,19). The summed E-state index contributed by atoms with van der Waals surface area (Å²) in [5, 5.41) is 3.41. The molecule has 4 heteroatoms. The predicted octanol–water partition coefficient (Wildman–Crippen LogP) is 2.99. The SMILES string of the molecule is CC(C)(C)CC(C)(C)Nc1cccc(C(N)=O)c1N. The van der Waals surface area contributed by atoms with Crippen molar-refractivity contribution >= 4 is 17.3 Å². The average Bonchev–Trinajstić information content (AvgIpc) is 2.16. The van der Waals surface area contributed by atoms with Gasteiger partial charge in [0.2, 0.25) is 0 Å². The maximum absolute atomic E-state index is 11.3. The number of nitrogens with one attached hydrogen (secondary N) is 1. The fraction of sp³-hybridized carbons (Fsp3) is 0.533. The van der Waals surface area contributed by atoms with Crippen LogP contribution in [-0.4, -0.2) is 11.4 Å². The van der Waals surface area contributed by atoms with Crippen LogP contribution in [0.4, 0.5) is 11.4 Å². The van der Waals surface area contributed by atoms with E-state index in [-0.39, 0.29) is 11.0 Å². The smallest absolute Gasteiger partial charge is 0.250 e. The number of anilines is 2. The number of primary amides is 1. The molecule has 19 heavy (non-hydrogen) atoms. The third-order valence-electron chi connectivity index (χ3n) is 2.82. The fourth-order valence-electron chi connectivity index (χ4n) is 2.62. The first-order valence-electron chi connectivity index (χ1n) is 6.48. The zero-order chi connectivity index (χ0) is 14.8. The van der Waals surface area contributed by atoms with Crippen molar-refractivity contribution in [3.63, 3.8) is 0 Å². The number of carbonyl (C=O) groups excluding carboxylic acids is 1. The summed E-state index contributed by atoms with van der Waals surface area (Å²) in [7, 11) is 0. The molecular formula is C15H25N3O. The van der Waals surface area contributed by atoms with Crippen molar-refractivity contribution in [2.24, 2.45) is 11.1 Å². The van der Waals surface area contributed by atoms with E-state index in [2.05, 4.69) is 39.9 Å². The molecule has 1 rings (SSSR count). The number of hydrogen-bond donors (Lipinski definition) is 3. The van der Waals surface area contributed by atoms with Crippen LogP contribution >= 0.6 is 0 Å². The van der Waals surface area contributed by atoms with Gasteiger partial charge in [0, 0.05) is 5.54 Å². The minimum absolute atomic E-state index is 0.122. The largest absolute Gasteiger partial charge is 0.396 e. The Kier molecular flexibility index (Phi) is 4.13. The van der Waals surface area contributed by atoms with E-state index in [0.29, 0.717) is 11.3 Å². The molecule has 0 radical (unpaired) electrons. The number of nitrogen functional groups attached to an aromatic ring is 1. The first kappa shape index (κ1) is 15.3. The molecule has 0 atom stereocenters. The quantitative estimate of drug-likeness (QED) is 0.730. The highest BCUT2D eigenvalue weighted by Crippen LogP contribution is 2.32. The molecule has 0 aliphatic heterocycles. The minimum Gasteiger partial charge on any atom is -0.396 e. The molecule has 4 nitrogen and oxygen atoms in total. The van der Waals surface area contributed by atoms with Crippen molar-refractivity contribution in [2.75, 3.05) is 11.1 Å². The zero-order valence-corrected chi connectivity index (χ0v) is 12.5. The summed E-state index contributed by atoms with van der Waals surface area (Å²) < 4.78 is 0. The molecule has 0 aliphatic rings. The van der Waals surface area contributed by atoms with E-state index >= 15 is 0 Å². The third-order valence-corrected chi connectivity index (χ3v) is 2.82. The molecule has 0 fully saturated rings. The number of rotatable bonds is 4. The molecule has 1 amide bonds. The van der Waals surface area contributed by atoms with Crippen LogP contribution in [0.5, 0.6) is 0 Å². The van der Waals surface area contributed by atoms with Gasteiger partial charge in [0.1, 0.15) is 0 Å². The topological polar surface area (TPSA) is 81.1 Å². The predicted molar refractivity (Wildman–Crippen MR) is 81.1 cm³/mol. The summed E-state index contributed by atoms with van der Waals surface area (Å²) in [4.78, 5) is 11.3. The van der Waals surface area contributed by atoms with Gasteiger partial charge in [-0.1, -0.05) is 26.8 Å². The Morgan fingerprint density at radius 3 is 2.26 bits per heavy atom. The van der Waals surface area contributed by atoms with Crippen molar-refractivity contribution in [3.8, 4) is 0 Å². The van der Waals surface area contributed by atoms with E-state index in [4.69, 9.17) is 11.5 Å². The Morgan fingerprint density at radius 1 is 1.21 bits per heavy atom. The monoisotopic (exact) mass is 263 g/mol. The van der Waals surface area contributed by atoms with Crippen molar-refractivity contribution in [3.05, 3.63) is 23.8 Å². The highest BCUT2D eigenvalue weighted by atomic mass is 16.1. The Hall–Kier alpha value is -1.71. The summed E-state index contributed by atoms with van der Waals surface area (Å²) >= 11 is 0. The molecule has 0 aromatic heterocycles. The van der Waals surface area contributed by atoms with Gasteiger partial charge in [-0.2, -0.15) is 0 Å². The maximum Gasteiger partial charge on any atom is 0.250 e. The fourth-order valence-corrected chi connectivity index (χ4v) is 2.62. The second-order valence-electron chi connectivity index (χ2n) is 6.88. The molecule has 1 aromatic carbocycles. The van der Waals surface area contributed by atoms with Crippen LogP contribution in [0.15, 0.2) is 18.2 Å². The van der Waals surface area contributed by atoms with Crippen molar-refractivity contribution in [1.82, 2.24) is 0 Å². The lowest BCUT2D eigenvalue weighted by atomic mass is 9.81. The summed E-state index contributed by atoms with van der Waals surface area (Å²) in [6.45, 7) is 10.8. The van der Waals surface area contributed by atoms with Crippen LogP contribution in [0, 0.1) is 5.41 Å². The Balaban J connectivity index is 3.00. The number of nitrogens with two attached hydrogens (primary N) is 2.